The zero-order valence-corrected chi connectivity index (χ0v) is 13.6. The van der Waals surface area contributed by atoms with Crippen LogP contribution in [-0.2, 0) is 21.3 Å². The molecule has 0 fully saturated rings. The number of benzene rings is 2. The van der Waals surface area contributed by atoms with Crippen molar-refractivity contribution in [3.8, 4) is 6.07 Å². The van der Waals surface area contributed by atoms with E-state index in [1.54, 1.807) is 18.2 Å². The van der Waals surface area contributed by atoms with Gasteiger partial charge in [0.05, 0.1) is 17.4 Å². The Morgan fingerprint density at radius 1 is 1.18 bits per heavy atom. The SMILES string of the molecule is Cc1cc(C#N)ccc1NCc1cccc(CS(=O)(=O)Cl)c1. The summed E-state index contributed by atoms with van der Waals surface area (Å²) in [6.07, 6.45) is 0. The molecule has 0 bridgehead atoms. The van der Waals surface area contributed by atoms with Gasteiger partial charge in [-0.05, 0) is 41.8 Å². The van der Waals surface area contributed by atoms with Crippen LogP contribution in [-0.4, -0.2) is 8.42 Å². The van der Waals surface area contributed by atoms with Gasteiger partial charge in [0.25, 0.3) is 0 Å². The van der Waals surface area contributed by atoms with E-state index >= 15 is 0 Å². The molecule has 0 aliphatic heterocycles. The number of anilines is 1. The lowest BCUT2D eigenvalue weighted by Crippen LogP contribution is -2.02. The molecule has 2 aromatic carbocycles. The average molecular weight is 335 g/mol. The standard InChI is InChI=1S/C16H15ClN2O2S/c1-12-7-13(9-18)5-6-16(12)19-10-14-3-2-4-15(8-14)11-22(17,20)21/h2-8,19H,10-11H2,1H3. The van der Waals surface area contributed by atoms with E-state index in [9.17, 15) is 8.42 Å². The smallest absolute Gasteiger partial charge is 0.236 e. The third-order valence-corrected chi connectivity index (χ3v) is 4.17. The maximum absolute atomic E-state index is 11.1. The first kappa shape index (κ1) is 16.3. The van der Waals surface area contributed by atoms with Crippen molar-refractivity contribution in [1.29, 1.82) is 5.26 Å². The van der Waals surface area contributed by atoms with Crippen molar-refractivity contribution in [2.24, 2.45) is 0 Å². The van der Waals surface area contributed by atoms with E-state index < -0.39 is 9.05 Å². The molecule has 0 aliphatic rings. The van der Waals surface area contributed by atoms with Crippen LogP contribution < -0.4 is 5.32 Å². The molecule has 4 nitrogen and oxygen atoms in total. The van der Waals surface area contributed by atoms with Gasteiger partial charge in [-0.25, -0.2) is 8.42 Å². The van der Waals surface area contributed by atoms with Gasteiger partial charge in [0.15, 0.2) is 0 Å². The van der Waals surface area contributed by atoms with Gasteiger partial charge < -0.3 is 5.32 Å². The van der Waals surface area contributed by atoms with E-state index in [1.807, 2.05) is 31.2 Å². The van der Waals surface area contributed by atoms with E-state index in [0.29, 0.717) is 17.7 Å². The van der Waals surface area contributed by atoms with Crippen molar-refractivity contribution in [3.05, 3.63) is 64.7 Å². The summed E-state index contributed by atoms with van der Waals surface area (Å²) in [5.74, 6) is -0.182. The number of halogens is 1. The van der Waals surface area contributed by atoms with Crippen molar-refractivity contribution < 1.29 is 8.42 Å². The number of aryl methyl sites for hydroxylation is 1. The molecule has 0 aliphatic carbocycles. The van der Waals surface area contributed by atoms with Crippen molar-refractivity contribution in [2.45, 2.75) is 19.2 Å². The van der Waals surface area contributed by atoms with Crippen LogP contribution in [0.1, 0.15) is 22.3 Å². The molecular weight excluding hydrogens is 320 g/mol. The highest BCUT2D eigenvalue weighted by Gasteiger charge is 2.07. The second-order valence-corrected chi connectivity index (χ2v) is 7.78. The summed E-state index contributed by atoms with van der Waals surface area (Å²) in [5, 5.41) is 12.1. The predicted octanol–water partition coefficient (Wildman–Crippen LogP) is 3.55. The van der Waals surface area contributed by atoms with E-state index in [0.717, 1.165) is 16.8 Å². The highest BCUT2D eigenvalue weighted by atomic mass is 35.7. The lowest BCUT2D eigenvalue weighted by Gasteiger charge is -2.10. The third-order valence-electron chi connectivity index (χ3n) is 3.17. The van der Waals surface area contributed by atoms with E-state index in [1.165, 1.54) is 0 Å². The summed E-state index contributed by atoms with van der Waals surface area (Å²) in [4.78, 5) is 0. The van der Waals surface area contributed by atoms with Crippen LogP contribution in [0.5, 0.6) is 0 Å². The largest absolute Gasteiger partial charge is 0.381 e. The molecule has 0 saturated heterocycles. The number of nitriles is 1. The minimum atomic E-state index is -3.55. The molecule has 2 aromatic rings. The van der Waals surface area contributed by atoms with Gasteiger partial charge in [-0.1, -0.05) is 24.3 Å². The molecule has 0 amide bonds. The summed E-state index contributed by atoms with van der Waals surface area (Å²) >= 11 is 0. The Morgan fingerprint density at radius 2 is 1.91 bits per heavy atom. The molecule has 0 spiro atoms. The van der Waals surface area contributed by atoms with Crippen LogP contribution >= 0.6 is 10.7 Å². The quantitative estimate of drug-likeness (QED) is 0.849. The molecule has 6 heteroatoms. The van der Waals surface area contributed by atoms with Crippen LogP contribution in [0.3, 0.4) is 0 Å². The van der Waals surface area contributed by atoms with Crippen molar-refractivity contribution >= 4 is 25.4 Å². The number of hydrogen-bond donors (Lipinski definition) is 1. The monoisotopic (exact) mass is 334 g/mol. The Bertz CT molecular complexity index is 826. The maximum atomic E-state index is 11.1. The summed E-state index contributed by atoms with van der Waals surface area (Å²) in [6, 6.07) is 14.8. The van der Waals surface area contributed by atoms with Crippen molar-refractivity contribution in [2.75, 3.05) is 5.32 Å². The van der Waals surface area contributed by atoms with Crippen LogP contribution in [0.4, 0.5) is 5.69 Å². The molecule has 0 aromatic heterocycles. The first-order valence-corrected chi connectivity index (χ1v) is 9.10. The Labute approximate surface area is 134 Å². The summed E-state index contributed by atoms with van der Waals surface area (Å²) in [6.45, 7) is 2.49. The first-order chi connectivity index (χ1) is 10.4. The fourth-order valence-electron chi connectivity index (χ4n) is 2.16. The predicted molar refractivity (Wildman–Crippen MR) is 88.1 cm³/mol. The van der Waals surface area contributed by atoms with E-state index in [-0.39, 0.29) is 5.75 Å². The highest BCUT2D eigenvalue weighted by Crippen LogP contribution is 2.18. The minimum absolute atomic E-state index is 0.182. The Balaban J connectivity index is 2.09. The fraction of sp³-hybridized carbons (Fsp3) is 0.188. The minimum Gasteiger partial charge on any atom is -0.381 e. The van der Waals surface area contributed by atoms with Crippen LogP contribution in [0, 0.1) is 18.3 Å². The molecule has 114 valence electrons. The average Bonchev–Trinajstić information content (AvgIpc) is 2.44. The number of hydrogen-bond acceptors (Lipinski definition) is 4. The normalized spacial score (nSPS) is 11.0. The molecule has 22 heavy (non-hydrogen) atoms. The summed E-state index contributed by atoms with van der Waals surface area (Å²) in [5.41, 5.74) is 4.16. The molecular formula is C16H15ClN2O2S. The topological polar surface area (TPSA) is 70.0 Å². The van der Waals surface area contributed by atoms with Crippen LogP contribution in [0.25, 0.3) is 0 Å². The Hall–Kier alpha value is -2.03. The zero-order valence-electron chi connectivity index (χ0n) is 12.0. The fourth-order valence-corrected chi connectivity index (χ4v) is 3.11. The van der Waals surface area contributed by atoms with Gasteiger partial charge >= 0.3 is 0 Å². The van der Waals surface area contributed by atoms with Gasteiger partial charge in [-0.15, -0.1) is 0 Å². The Kier molecular flexibility index (Phi) is 5.07. The summed E-state index contributed by atoms with van der Waals surface area (Å²) in [7, 11) is 1.72. The van der Waals surface area contributed by atoms with Crippen LogP contribution in [0.15, 0.2) is 42.5 Å². The zero-order chi connectivity index (χ0) is 16.2. The maximum Gasteiger partial charge on any atom is 0.236 e. The number of nitrogens with zero attached hydrogens (tertiary/aromatic N) is 1. The van der Waals surface area contributed by atoms with E-state index in [4.69, 9.17) is 15.9 Å². The van der Waals surface area contributed by atoms with Gasteiger partial charge in [-0.3, -0.25) is 0 Å². The molecule has 0 unspecified atom stereocenters. The molecule has 2 rings (SSSR count). The van der Waals surface area contributed by atoms with Crippen molar-refractivity contribution in [1.82, 2.24) is 0 Å². The van der Waals surface area contributed by atoms with Gasteiger partial charge in [0.2, 0.25) is 9.05 Å². The second kappa shape index (κ2) is 6.82. The van der Waals surface area contributed by atoms with E-state index in [2.05, 4.69) is 11.4 Å². The third kappa shape index (κ3) is 4.76. The Morgan fingerprint density at radius 3 is 2.55 bits per heavy atom. The molecule has 0 atom stereocenters. The number of nitrogens with one attached hydrogen (secondary N) is 1. The first-order valence-electron chi connectivity index (χ1n) is 6.62. The van der Waals surface area contributed by atoms with Crippen molar-refractivity contribution in [3.63, 3.8) is 0 Å². The highest BCUT2D eigenvalue weighted by molar-refractivity contribution is 8.13. The second-order valence-electron chi connectivity index (χ2n) is 5.00. The molecule has 0 radical (unpaired) electrons. The lowest BCUT2D eigenvalue weighted by molar-refractivity contribution is 0.609. The number of rotatable bonds is 5. The lowest BCUT2D eigenvalue weighted by atomic mass is 10.1. The van der Waals surface area contributed by atoms with Gasteiger partial charge in [-0.2, -0.15) is 5.26 Å². The van der Waals surface area contributed by atoms with Gasteiger partial charge in [0, 0.05) is 22.9 Å². The molecule has 0 heterocycles. The molecule has 0 saturated carbocycles. The van der Waals surface area contributed by atoms with Gasteiger partial charge in [0.1, 0.15) is 0 Å². The van der Waals surface area contributed by atoms with Crippen LogP contribution in [0.2, 0.25) is 0 Å². The summed E-state index contributed by atoms with van der Waals surface area (Å²) < 4.78 is 22.2. The molecule has 1 N–H and O–H groups in total.